The number of halogens is 1. The summed E-state index contributed by atoms with van der Waals surface area (Å²) in [6.07, 6.45) is 4.69. The Balaban J connectivity index is 1.47. The fraction of sp³-hybridized carbons (Fsp3) is 0.310. The van der Waals surface area contributed by atoms with E-state index < -0.39 is 17.5 Å². The van der Waals surface area contributed by atoms with Crippen LogP contribution in [0.3, 0.4) is 0 Å². The van der Waals surface area contributed by atoms with E-state index in [0.29, 0.717) is 30.6 Å². The summed E-state index contributed by atoms with van der Waals surface area (Å²) in [7, 11) is 0. The van der Waals surface area contributed by atoms with E-state index in [1.807, 2.05) is 35.8 Å². The van der Waals surface area contributed by atoms with Crippen LogP contribution in [-0.4, -0.2) is 37.4 Å². The summed E-state index contributed by atoms with van der Waals surface area (Å²) in [5.74, 6) is -0.405. The topological polar surface area (TPSA) is 147 Å². The molecule has 3 aromatic heterocycles. The van der Waals surface area contributed by atoms with Crippen LogP contribution >= 0.6 is 27.3 Å². The van der Waals surface area contributed by atoms with Gasteiger partial charge in [-0.3, -0.25) is 9.78 Å². The number of thiazole rings is 1. The zero-order valence-electron chi connectivity index (χ0n) is 22.8. The number of hydrogen-bond acceptors (Lipinski definition) is 9. The van der Waals surface area contributed by atoms with E-state index in [4.69, 9.17) is 5.73 Å². The van der Waals surface area contributed by atoms with Gasteiger partial charge in [0.05, 0.1) is 44.7 Å². The van der Waals surface area contributed by atoms with Crippen molar-refractivity contribution >= 4 is 65.7 Å². The summed E-state index contributed by atoms with van der Waals surface area (Å²) >= 11 is 5.26. The number of pyridine rings is 1. The first-order valence-corrected chi connectivity index (χ1v) is 14.8. The number of fused-ring (bicyclic) bond motifs is 2. The third kappa shape index (κ3) is 5.00. The number of amides is 1. The molecule has 10 nitrogen and oxygen atoms in total. The molecule has 12 heteroatoms. The van der Waals surface area contributed by atoms with Gasteiger partial charge in [-0.15, -0.1) is 16.4 Å². The number of carbonyl (C=O) groups is 1. The normalized spacial score (nSPS) is 15.0. The Bertz CT molecular complexity index is 1840. The summed E-state index contributed by atoms with van der Waals surface area (Å²) in [5, 5.41) is 26.7. The minimum atomic E-state index is -0.814. The SMILES string of the molecule is CC(C)(C)CNc1c(C#N)cnc2c(Br)cc(N[C@H](c3cn(C4(C(N)=O)CC4)nn3)c3cccc4ncsc34)cc12. The van der Waals surface area contributed by atoms with Crippen LogP contribution < -0.4 is 16.4 Å². The molecule has 1 saturated carbocycles. The first-order chi connectivity index (χ1) is 19.6. The Hall–Kier alpha value is -4.08. The van der Waals surface area contributed by atoms with E-state index in [0.717, 1.165) is 42.5 Å². The number of nitrogens with two attached hydrogens (primary N) is 1. The van der Waals surface area contributed by atoms with Crippen molar-refractivity contribution in [2.45, 2.75) is 45.2 Å². The van der Waals surface area contributed by atoms with Gasteiger partial charge in [0.1, 0.15) is 17.3 Å². The van der Waals surface area contributed by atoms with Crippen LogP contribution in [0, 0.1) is 16.7 Å². The molecule has 208 valence electrons. The number of anilines is 2. The lowest BCUT2D eigenvalue weighted by atomic mass is 9.96. The van der Waals surface area contributed by atoms with Gasteiger partial charge in [-0.05, 0) is 57.9 Å². The van der Waals surface area contributed by atoms with Gasteiger partial charge in [0.15, 0.2) is 0 Å². The molecule has 0 aliphatic heterocycles. The number of nitrogens with one attached hydrogen (secondary N) is 2. The highest BCUT2D eigenvalue weighted by atomic mass is 79.9. The number of primary amides is 1. The number of benzene rings is 2. The second kappa shape index (κ2) is 10.1. The predicted molar refractivity (Wildman–Crippen MR) is 164 cm³/mol. The van der Waals surface area contributed by atoms with Gasteiger partial charge < -0.3 is 16.4 Å². The molecule has 1 amide bonds. The minimum absolute atomic E-state index is 0.00356. The summed E-state index contributed by atoms with van der Waals surface area (Å²) in [5.41, 5.74) is 12.0. The maximum atomic E-state index is 12.2. The molecule has 0 radical (unpaired) electrons. The van der Waals surface area contributed by atoms with Crippen LogP contribution in [0.2, 0.25) is 0 Å². The van der Waals surface area contributed by atoms with Crippen LogP contribution in [-0.2, 0) is 10.3 Å². The minimum Gasteiger partial charge on any atom is -0.383 e. The number of carbonyl (C=O) groups excluding carboxylic acids is 1. The third-order valence-corrected chi connectivity index (χ3v) is 8.77. The average Bonchev–Trinajstić information content (AvgIpc) is 3.35. The van der Waals surface area contributed by atoms with Crippen molar-refractivity contribution in [3.8, 4) is 6.07 Å². The molecule has 1 atom stereocenters. The lowest BCUT2D eigenvalue weighted by Crippen LogP contribution is -2.34. The zero-order valence-corrected chi connectivity index (χ0v) is 25.2. The zero-order chi connectivity index (χ0) is 28.9. The number of aromatic nitrogens is 5. The lowest BCUT2D eigenvalue weighted by molar-refractivity contribution is -0.122. The second-order valence-electron chi connectivity index (χ2n) is 11.5. The largest absolute Gasteiger partial charge is 0.383 e. The molecule has 2 aromatic carbocycles. The monoisotopic (exact) mass is 629 g/mol. The quantitative estimate of drug-likeness (QED) is 0.198. The number of nitriles is 1. The molecule has 1 aliphatic carbocycles. The van der Waals surface area contributed by atoms with Gasteiger partial charge in [0.2, 0.25) is 5.91 Å². The van der Waals surface area contributed by atoms with E-state index in [2.05, 4.69) is 73.7 Å². The average molecular weight is 631 g/mol. The Kier molecular flexibility index (Phi) is 6.66. The van der Waals surface area contributed by atoms with Crippen molar-refractivity contribution in [2.24, 2.45) is 11.1 Å². The maximum absolute atomic E-state index is 12.2. The first kappa shape index (κ1) is 27.1. The molecule has 0 saturated heterocycles. The van der Waals surface area contributed by atoms with E-state index in [1.54, 1.807) is 28.4 Å². The molecule has 0 unspecified atom stereocenters. The molecule has 0 spiro atoms. The fourth-order valence-electron chi connectivity index (χ4n) is 4.91. The first-order valence-electron chi connectivity index (χ1n) is 13.2. The van der Waals surface area contributed by atoms with Crippen LogP contribution in [0.4, 0.5) is 11.4 Å². The highest BCUT2D eigenvalue weighted by Gasteiger charge is 2.52. The fourth-order valence-corrected chi connectivity index (χ4v) is 6.31. The van der Waals surface area contributed by atoms with Gasteiger partial charge >= 0.3 is 0 Å². The molecule has 3 heterocycles. The van der Waals surface area contributed by atoms with Crippen molar-refractivity contribution in [1.82, 2.24) is 25.0 Å². The molecule has 0 bridgehead atoms. The summed E-state index contributed by atoms with van der Waals surface area (Å²) < 4.78 is 3.40. The van der Waals surface area contributed by atoms with Gasteiger partial charge in [0.25, 0.3) is 0 Å². The van der Waals surface area contributed by atoms with Crippen molar-refractivity contribution in [2.75, 3.05) is 17.2 Å². The van der Waals surface area contributed by atoms with Gasteiger partial charge in [-0.1, -0.05) is 38.1 Å². The van der Waals surface area contributed by atoms with Crippen molar-refractivity contribution < 1.29 is 4.79 Å². The van der Waals surface area contributed by atoms with E-state index in [9.17, 15) is 10.1 Å². The van der Waals surface area contributed by atoms with Crippen LogP contribution in [0.1, 0.15) is 56.5 Å². The summed E-state index contributed by atoms with van der Waals surface area (Å²) in [6, 6.07) is 11.8. The lowest BCUT2D eigenvalue weighted by Gasteiger charge is -2.22. The maximum Gasteiger partial charge on any atom is 0.245 e. The van der Waals surface area contributed by atoms with Crippen LogP contribution in [0.5, 0.6) is 0 Å². The Morgan fingerprint density at radius 3 is 2.80 bits per heavy atom. The highest BCUT2D eigenvalue weighted by molar-refractivity contribution is 9.10. The summed E-state index contributed by atoms with van der Waals surface area (Å²) in [6.45, 7) is 7.09. The second-order valence-corrected chi connectivity index (χ2v) is 13.2. The number of hydrogen-bond donors (Lipinski definition) is 3. The Morgan fingerprint density at radius 1 is 1.29 bits per heavy atom. The number of rotatable bonds is 8. The molecule has 4 N–H and O–H groups in total. The van der Waals surface area contributed by atoms with Crippen LogP contribution in [0.15, 0.2) is 52.7 Å². The smallest absolute Gasteiger partial charge is 0.245 e. The molecule has 1 fully saturated rings. The Morgan fingerprint density at radius 2 is 2.10 bits per heavy atom. The number of nitrogens with zero attached hydrogens (tertiary/aromatic N) is 6. The standard InChI is InChI=1S/C29H28BrN9OS/c1-28(2,3)14-34-23-16(11-31)12-33-24-19(23)9-17(10-20(24)30)36-25(18-5-4-6-21-26(18)41-15-35-21)22-13-39(38-37-22)29(7-8-29)27(32)40/h4-6,9-10,12-13,15,25,36H,7-8,14H2,1-3H3,(H2,32,40)(H,33,34)/t25-/m0/s1. The molecular formula is C29H28BrN9OS. The molecule has 1 aliphatic rings. The van der Waals surface area contributed by atoms with Crippen LogP contribution in [0.25, 0.3) is 21.1 Å². The van der Waals surface area contributed by atoms with E-state index in [1.165, 1.54) is 0 Å². The highest BCUT2D eigenvalue weighted by Crippen LogP contribution is 2.43. The Labute approximate surface area is 249 Å². The third-order valence-electron chi connectivity index (χ3n) is 7.28. The molecule has 5 aromatic rings. The van der Waals surface area contributed by atoms with Crippen molar-refractivity contribution in [3.63, 3.8) is 0 Å². The molecular weight excluding hydrogens is 602 g/mol. The molecule has 41 heavy (non-hydrogen) atoms. The van der Waals surface area contributed by atoms with Crippen molar-refractivity contribution in [3.05, 3.63) is 69.5 Å². The van der Waals surface area contributed by atoms with E-state index in [-0.39, 0.29) is 5.41 Å². The molecule has 6 rings (SSSR count). The summed E-state index contributed by atoms with van der Waals surface area (Å²) in [4.78, 5) is 21.3. The van der Waals surface area contributed by atoms with E-state index >= 15 is 0 Å². The van der Waals surface area contributed by atoms with Gasteiger partial charge in [-0.25, -0.2) is 9.67 Å². The van der Waals surface area contributed by atoms with Gasteiger partial charge in [0, 0.05) is 28.3 Å². The predicted octanol–water partition coefficient (Wildman–Crippen LogP) is 5.70. The van der Waals surface area contributed by atoms with Crippen molar-refractivity contribution in [1.29, 1.82) is 5.26 Å². The van der Waals surface area contributed by atoms with Gasteiger partial charge in [-0.2, -0.15) is 5.26 Å².